The van der Waals surface area contributed by atoms with Crippen molar-refractivity contribution in [3.05, 3.63) is 10.0 Å². The molecule has 0 atom stereocenters. The summed E-state index contributed by atoms with van der Waals surface area (Å²) in [4.78, 5) is 0. The summed E-state index contributed by atoms with van der Waals surface area (Å²) in [6.07, 6.45) is 11.8. The molecule has 0 amide bonds. The van der Waals surface area contributed by atoms with Gasteiger partial charge in [-0.15, -0.1) is 21.5 Å². The van der Waals surface area contributed by atoms with E-state index in [2.05, 4.69) is 36.3 Å². The molecule has 2 rings (SSSR count). The van der Waals surface area contributed by atoms with Crippen LogP contribution in [0.5, 0.6) is 0 Å². The largest absolute Gasteiger partial charge is 0.312 e. The number of hydrogen-bond donors (Lipinski definition) is 1. The Morgan fingerprint density at radius 2 is 1.71 bits per heavy atom. The first-order valence-corrected chi connectivity index (χ1v) is 9.41. The van der Waals surface area contributed by atoms with Crippen molar-refractivity contribution in [2.24, 2.45) is 5.92 Å². The van der Waals surface area contributed by atoms with Crippen molar-refractivity contribution in [1.29, 1.82) is 0 Å². The van der Waals surface area contributed by atoms with Crippen LogP contribution in [0.4, 0.5) is 0 Å². The van der Waals surface area contributed by atoms with Crippen molar-refractivity contribution in [3.63, 3.8) is 0 Å². The number of nitrogens with one attached hydrogen (secondary N) is 1. The fourth-order valence-corrected chi connectivity index (χ4v) is 3.99. The van der Waals surface area contributed by atoms with E-state index in [-0.39, 0.29) is 5.54 Å². The van der Waals surface area contributed by atoms with Gasteiger partial charge in [-0.1, -0.05) is 38.5 Å². The minimum Gasteiger partial charge on any atom is -0.312 e. The Hall–Kier alpha value is -0.480. The molecule has 0 aromatic carbocycles. The molecule has 1 heterocycles. The number of hydrogen-bond acceptors (Lipinski definition) is 4. The zero-order valence-electron chi connectivity index (χ0n) is 14.0. The van der Waals surface area contributed by atoms with Gasteiger partial charge in [0.2, 0.25) is 0 Å². The normalized spacial score (nSPS) is 17.9. The molecule has 3 nitrogen and oxygen atoms in total. The first kappa shape index (κ1) is 16.9. The molecule has 21 heavy (non-hydrogen) atoms. The quantitative estimate of drug-likeness (QED) is 0.626. The van der Waals surface area contributed by atoms with Gasteiger partial charge >= 0.3 is 0 Å². The van der Waals surface area contributed by atoms with E-state index in [9.17, 15) is 0 Å². The van der Waals surface area contributed by atoms with Crippen molar-refractivity contribution in [1.82, 2.24) is 15.5 Å². The molecule has 0 spiro atoms. The lowest BCUT2D eigenvalue weighted by Crippen LogP contribution is -2.36. The third-order valence-electron chi connectivity index (χ3n) is 4.17. The van der Waals surface area contributed by atoms with Crippen molar-refractivity contribution < 1.29 is 0 Å². The first-order valence-electron chi connectivity index (χ1n) is 8.59. The molecule has 1 aromatic rings. The van der Waals surface area contributed by atoms with Crippen LogP contribution in [0.25, 0.3) is 0 Å². The number of rotatable bonds is 6. The molecular weight excluding hydrogens is 278 g/mol. The molecule has 0 aliphatic heterocycles. The highest BCUT2D eigenvalue weighted by Crippen LogP contribution is 2.27. The highest BCUT2D eigenvalue weighted by Gasteiger charge is 2.15. The molecule has 1 saturated carbocycles. The van der Waals surface area contributed by atoms with Crippen LogP contribution >= 0.6 is 11.3 Å². The van der Waals surface area contributed by atoms with Crippen LogP contribution in [0.2, 0.25) is 0 Å². The van der Waals surface area contributed by atoms with E-state index in [1.807, 2.05) is 11.3 Å². The number of aryl methyl sites for hydroxylation is 1. The fourth-order valence-electron chi connectivity index (χ4n) is 2.99. The van der Waals surface area contributed by atoms with Crippen LogP contribution < -0.4 is 5.32 Å². The van der Waals surface area contributed by atoms with Gasteiger partial charge in [0.1, 0.15) is 10.0 Å². The van der Waals surface area contributed by atoms with Gasteiger partial charge in [-0.25, -0.2) is 0 Å². The van der Waals surface area contributed by atoms with E-state index in [4.69, 9.17) is 0 Å². The van der Waals surface area contributed by atoms with Gasteiger partial charge in [-0.05, 0) is 39.7 Å². The standard InChI is InChI=1S/C17H31N3S/c1-17(2,3)18-12-8-11-15-19-20-16(21-15)13-14-9-6-4-5-7-10-14/h14,18H,4-13H2,1-3H3. The van der Waals surface area contributed by atoms with Gasteiger partial charge in [0.15, 0.2) is 0 Å². The average molecular weight is 310 g/mol. The van der Waals surface area contributed by atoms with Crippen LogP contribution in [0.3, 0.4) is 0 Å². The molecule has 1 fully saturated rings. The molecule has 4 heteroatoms. The summed E-state index contributed by atoms with van der Waals surface area (Å²) in [7, 11) is 0. The fraction of sp³-hybridized carbons (Fsp3) is 0.882. The Balaban J connectivity index is 1.70. The van der Waals surface area contributed by atoms with Gasteiger partial charge in [-0.3, -0.25) is 0 Å². The van der Waals surface area contributed by atoms with E-state index in [0.29, 0.717) is 0 Å². The predicted octanol–water partition coefficient (Wildman–Crippen LogP) is 4.37. The Morgan fingerprint density at radius 3 is 2.38 bits per heavy atom. The number of nitrogens with zero attached hydrogens (tertiary/aromatic N) is 2. The van der Waals surface area contributed by atoms with Gasteiger partial charge in [0.05, 0.1) is 0 Å². The van der Waals surface area contributed by atoms with E-state index in [1.165, 1.54) is 48.5 Å². The molecule has 1 aliphatic carbocycles. The second kappa shape index (κ2) is 8.23. The molecule has 0 bridgehead atoms. The lowest BCUT2D eigenvalue weighted by atomic mass is 9.97. The van der Waals surface area contributed by atoms with E-state index in [1.54, 1.807) is 0 Å². The Labute approximate surface area is 133 Å². The third kappa shape index (κ3) is 6.88. The number of aromatic nitrogens is 2. The monoisotopic (exact) mass is 309 g/mol. The van der Waals surface area contributed by atoms with E-state index < -0.39 is 0 Å². The van der Waals surface area contributed by atoms with Crippen molar-refractivity contribution in [2.45, 2.75) is 84.1 Å². The molecule has 120 valence electrons. The molecular formula is C17H31N3S. The topological polar surface area (TPSA) is 37.8 Å². The van der Waals surface area contributed by atoms with E-state index in [0.717, 1.165) is 31.7 Å². The Morgan fingerprint density at radius 1 is 1.05 bits per heavy atom. The minimum atomic E-state index is 0.214. The minimum absolute atomic E-state index is 0.214. The highest BCUT2D eigenvalue weighted by atomic mass is 32.1. The third-order valence-corrected chi connectivity index (χ3v) is 5.17. The molecule has 0 radical (unpaired) electrons. The maximum absolute atomic E-state index is 4.42. The maximum Gasteiger partial charge on any atom is 0.117 e. The lowest BCUT2D eigenvalue weighted by molar-refractivity contribution is 0.422. The highest BCUT2D eigenvalue weighted by molar-refractivity contribution is 7.11. The summed E-state index contributed by atoms with van der Waals surface area (Å²) in [6, 6.07) is 0. The summed E-state index contributed by atoms with van der Waals surface area (Å²) in [5.74, 6) is 0.857. The smallest absolute Gasteiger partial charge is 0.117 e. The zero-order chi connectivity index (χ0) is 15.1. The van der Waals surface area contributed by atoms with Crippen LogP contribution in [0.1, 0.15) is 75.7 Å². The van der Waals surface area contributed by atoms with Gasteiger partial charge in [0, 0.05) is 18.4 Å². The Kier molecular flexibility index (Phi) is 6.62. The van der Waals surface area contributed by atoms with Crippen LogP contribution in [-0.2, 0) is 12.8 Å². The predicted molar refractivity (Wildman–Crippen MR) is 90.9 cm³/mol. The van der Waals surface area contributed by atoms with Crippen LogP contribution in [0.15, 0.2) is 0 Å². The molecule has 0 saturated heterocycles. The molecule has 1 N–H and O–H groups in total. The van der Waals surface area contributed by atoms with E-state index >= 15 is 0 Å². The maximum atomic E-state index is 4.42. The SMILES string of the molecule is CC(C)(C)NCCCc1nnc(CC2CCCCCC2)s1. The van der Waals surface area contributed by atoms with Gasteiger partial charge in [0.25, 0.3) is 0 Å². The van der Waals surface area contributed by atoms with Crippen molar-refractivity contribution in [3.8, 4) is 0 Å². The second-order valence-electron chi connectivity index (χ2n) is 7.43. The molecule has 1 aromatic heterocycles. The summed E-state index contributed by atoms with van der Waals surface area (Å²) < 4.78 is 0. The van der Waals surface area contributed by atoms with Crippen molar-refractivity contribution >= 4 is 11.3 Å². The Bertz CT molecular complexity index is 400. The summed E-state index contributed by atoms with van der Waals surface area (Å²) in [5, 5.41) is 14.8. The summed E-state index contributed by atoms with van der Waals surface area (Å²) >= 11 is 1.84. The average Bonchev–Trinajstić information content (AvgIpc) is 2.68. The summed E-state index contributed by atoms with van der Waals surface area (Å²) in [5.41, 5.74) is 0.214. The van der Waals surface area contributed by atoms with Crippen molar-refractivity contribution in [2.75, 3.05) is 6.54 Å². The first-order chi connectivity index (χ1) is 10.0. The zero-order valence-corrected chi connectivity index (χ0v) is 14.8. The van der Waals surface area contributed by atoms with Crippen LogP contribution in [-0.4, -0.2) is 22.3 Å². The van der Waals surface area contributed by atoms with Gasteiger partial charge in [-0.2, -0.15) is 0 Å². The van der Waals surface area contributed by atoms with Gasteiger partial charge < -0.3 is 5.32 Å². The second-order valence-corrected chi connectivity index (χ2v) is 8.58. The summed E-state index contributed by atoms with van der Waals surface area (Å²) in [6.45, 7) is 7.69. The molecule has 1 aliphatic rings. The van der Waals surface area contributed by atoms with Crippen LogP contribution in [0, 0.1) is 5.92 Å². The lowest BCUT2D eigenvalue weighted by Gasteiger charge is -2.20. The molecule has 0 unspecified atom stereocenters.